The van der Waals surface area contributed by atoms with Crippen molar-refractivity contribution >= 4 is 28.9 Å². The van der Waals surface area contributed by atoms with Crippen LogP contribution in [0.2, 0.25) is 0 Å². The highest BCUT2D eigenvalue weighted by atomic mass is 32.1. The second kappa shape index (κ2) is 10.8. The van der Waals surface area contributed by atoms with Crippen LogP contribution in [-0.4, -0.2) is 11.0 Å². The molecule has 0 aromatic heterocycles. The molecule has 5 nitrogen and oxygen atoms in total. The second-order valence-electron chi connectivity index (χ2n) is 6.83. The molecule has 172 valence electrons. The van der Waals surface area contributed by atoms with E-state index in [1.54, 1.807) is 0 Å². The van der Waals surface area contributed by atoms with Crippen molar-refractivity contribution < 1.29 is 27.1 Å². The van der Waals surface area contributed by atoms with Crippen molar-refractivity contribution in [1.29, 1.82) is 0 Å². The Labute approximate surface area is 192 Å². The van der Waals surface area contributed by atoms with E-state index >= 15 is 0 Å². The fourth-order valence-corrected chi connectivity index (χ4v) is 3.04. The van der Waals surface area contributed by atoms with Crippen molar-refractivity contribution in [3.8, 4) is 5.75 Å². The first-order valence-corrected chi connectivity index (χ1v) is 10.2. The fourth-order valence-electron chi connectivity index (χ4n) is 2.88. The summed E-state index contributed by atoms with van der Waals surface area (Å²) in [6, 6.07) is 13.5. The molecule has 0 spiro atoms. The molecule has 3 rings (SSSR count). The Hall–Kier alpha value is -3.66. The lowest BCUT2D eigenvalue weighted by atomic mass is 10.1. The van der Waals surface area contributed by atoms with Gasteiger partial charge in [0.05, 0.1) is 0 Å². The van der Waals surface area contributed by atoms with E-state index in [1.807, 2.05) is 31.2 Å². The minimum Gasteiger partial charge on any atom is -0.483 e. The SMILES string of the molecule is CCc1ccccc1NC(=S)NNC(=O)c1ccc(COc2c(F)c(F)cc(F)c2F)cc1. The van der Waals surface area contributed by atoms with Crippen molar-refractivity contribution in [3.63, 3.8) is 0 Å². The van der Waals surface area contributed by atoms with E-state index in [9.17, 15) is 22.4 Å². The third kappa shape index (κ3) is 5.98. The molecule has 0 aliphatic rings. The van der Waals surface area contributed by atoms with E-state index in [0.29, 0.717) is 5.56 Å². The number of nitrogens with one attached hydrogen (secondary N) is 3. The number of para-hydroxylation sites is 1. The van der Waals surface area contributed by atoms with Crippen LogP contribution in [0.25, 0.3) is 0 Å². The molecule has 0 atom stereocenters. The molecule has 3 aromatic carbocycles. The number of hydrazine groups is 1. The summed E-state index contributed by atoms with van der Waals surface area (Å²) in [5.74, 6) is -8.00. The Morgan fingerprint density at radius 1 is 0.939 bits per heavy atom. The average molecular weight is 477 g/mol. The lowest BCUT2D eigenvalue weighted by Crippen LogP contribution is -2.43. The molecular formula is C23H19F4N3O2S. The van der Waals surface area contributed by atoms with Gasteiger partial charge in [0, 0.05) is 17.3 Å². The van der Waals surface area contributed by atoms with Gasteiger partial charge in [-0.25, -0.2) is 8.78 Å². The molecule has 0 aliphatic carbocycles. The van der Waals surface area contributed by atoms with Gasteiger partial charge in [0.15, 0.2) is 22.5 Å². The summed E-state index contributed by atoms with van der Waals surface area (Å²) < 4.78 is 58.7. The van der Waals surface area contributed by atoms with Crippen molar-refractivity contribution in [2.75, 3.05) is 5.32 Å². The van der Waals surface area contributed by atoms with E-state index in [4.69, 9.17) is 17.0 Å². The maximum Gasteiger partial charge on any atom is 0.269 e. The number of carbonyl (C=O) groups excluding carboxylic acids is 1. The average Bonchev–Trinajstić information content (AvgIpc) is 2.82. The van der Waals surface area contributed by atoms with Gasteiger partial charge in [-0.1, -0.05) is 37.3 Å². The number of thiocarbonyl (C=S) groups is 1. The predicted molar refractivity (Wildman–Crippen MR) is 120 cm³/mol. The van der Waals surface area contributed by atoms with Crippen LogP contribution in [0.15, 0.2) is 54.6 Å². The zero-order valence-electron chi connectivity index (χ0n) is 17.3. The molecule has 10 heteroatoms. The maximum atomic E-state index is 13.7. The first-order chi connectivity index (χ1) is 15.8. The van der Waals surface area contributed by atoms with Crippen LogP contribution in [0.1, 0.15) is 28.4 Å². The highest BCUT2D eigenvalue weighted by Gasteiger charge is 2.20. The number of halogens is 4. The van der Waals surface area contributed by atoms with E-state index < -0.39 is 34.9 Å². The van der Waals surface area contributed by atoms with Gasteiger partial charge >= 0.3 is 0 Å². The molecule has 1 amide bonds. The van der Waals surface area contributed by atoms with E-state index in [1.165, 1.54) is 24.3 Å². The molecule has 0 saturated carbocycles. The second-order valence-corrected chi connectivity index (χ2v) is 7.24. The number of benzene rings is 3. The molecule has 0 fully saturated rings. The molecule has 0 radical (unpaired) electrons. The standard InChI is InChI=1S/C23H19F4N3O2S/c1-2-14-5-3-4-6-18(14)28-23(33)30-29-22(31)15-9-7-13(8-10-15)12-32-21-19(26)16(24)11-17(25)20(21)27/h3-11H,2,12H2,1H3,(H,29,31)(H2,28,30,33). The zero-order valence-corrected chi connectivity index (χ0v) is 18.2. The number of rotatable bonds is 6. The Balaban J connectivity index is 1.55. The van der Waals surface area contributed by atoms with Gasteiger partial charge in [-0.15, -0.1) is 0 Å². The molecule has 33 heavy (non-hydrogen) atoms. The van der Waals surface area contributed by atoms with Gasteiger partial charge in [-0.2, -0.15) is 8.78 Å². The maximum absolute atomic E-state index is 13.7. The Morgan fingerprint density at radius 3 is 2.21 bits per heavy atom. The number of amides is 1. The summed E-state index contributed by atoms with van der Waals surface area (Å²) in [5, 5.41) is 3.20. The van der Waals surface area contributed by atoms with Crippen molar-refractivity contribution in [2.45, 2.75) is 20.0 Å². The van der Waals surface area contributed by atoms with E-state index in [-0.39, 0.29) is 23.3 Å². The molecule has 3 aromatic rings. The largest absolute Gasteiger partial charge is 0.483 e. The van der Waals surface area contributed by atoms with Crippen LogP contribution < -0.4 is 20.9 Å². The molecular weight excluding hydrogens is 458 g/mol. The van der Waals surface area contributed by atoms with Gasteiger partial charge in [-0.05, 0) is 48.0 Å². The first kappa shape index (κ1) is 24.0. The van der Waals surface area contributed by atoms with Crippen molar-refractivity contribution in [3.05, 3.63) is 94.6 Å². The van der Waals surface area contributed by atoms with Gasteiger partial charge in [0.1, 0.15) is 6.61 Å². The highest BCUT2D eigenvalue weighted by molar-refractivity contribution is 7.80. The summed E-state index contributed by atoms with van der Waals surface area (Å²) >= 11 is 5.18. The fraction of sp³-hybridized carbons (Fsp3) is 0.130. The van der Waals surface area contributed by atoms with Crippen molar-refractivity contribution in [2.24, 2.45) is 0 Å². The highest BCUT2D eigenvalue weighted by Crippen LogP contribution is 2.27. The monoisotopic (exact) mass is 477 g/mol. The normalized spacial score (nSPS) is 10.5. The summed E-state index contributed by atoms with van der Waals surface area (Å²) in [4.78, 5) is 12.3. The third-order valence-corrected chi connectivity index (χ3v) is 4.81. The van der Waals surface area contributed by atoms with Crippen molar-refractivity contribution in [1.82, 2.24) is 10.9 Å². The number of anilines is 1. The Bertz CT molecular complexity index is 1150. The molecule has 3 N–H and O–H groups in total. The van der Waals surface area contributed by atoms with Gasteiger partial charge in [0.2, 0.25) is 11.6 Å². The summed E-state index contributed by atoms with van der Waals surface area (Å²) in [6.07, 6.45) is 0.807. The third-order valence-electron chi connectivity index (χ3n) is 4.61. The predicted octanol–water partition coefficient (Wildman–Crippen LogP) is 5.02. The van der Waals surface area contributed by atoms with Crippen LogP contribution in [-0.2, 0) is 13.0 Å². The molecule has 0 heterocycles. The van der Waals surface area contributed by atoms with Crippen LogP contribution in [0.4, 0.5) is 23.2 Å². The van der Waals surface area contributed by atoms with Crippen LogP contribution >= 0.6 is 12.2 Å². The van der Waals surface area contributed by atoms with Crippen LogP contribution in [0.5, 0.6) is 5.75 Å². The minimum absolute atomic E-state index is 0.0999. The number of hydrogen-bond donors (Lipinski definition) is 3. The topological polar surface area (TPSA) is 62.4 Å². The minimum atomic E-state index is -1.62. The van der Waals surface area contributed by atoms with Gasteiger partial charge in [0.25, 0.3) is 5.91 Å². The number of ether oxygens (including phenoxy) is 1. The number of aryl methyl sites for hydroxylation is 1. The molecule has 0 aliphatic heterocycles. The van der Waals surface area contributed by atoms with Gasteiger partial charge < -0.3 is 10.1 Å². The number of carbonyl (C=O) groups is 1. The molecule has 0 unspecified atom stereocenters. The van der Waals surface area contributed by atoms with Crippen LogP contribution in [0, 0.1) is 23.3 Å². The smallest absolute Gasteiger partial charge is 0.269 e. The van der Waals surface area contributed by atoms with Crippen LogP contribution in [0.3, 0.4) is 0 Å². The molecule has 0 saturated heterocycles. The lowest BCUT2D eigenvalue weighted by molar-refractivity contribution is 0.0944. The first-order valence-electron chi connectivity index (χ1n) is 9.80. The summed E-state index contributed by atoms with van der Waals surface area (Å²) in [7, 11) is 0. The Morgan fingerprint density at radius 2 is 1.58 bits per heavy atom. The summed E-state index contributed by atoms with van der Waals surface area (Å²) in [6.45, 7) is 1.64. The molecule has 0 bridgehead atoms. The van der Waals surface area contributed by atoms with Gasteiger partial charge in [-0.3, -0.25) is 15.6 Å². The summed E-state index contributed by atoms with van der Waals surface area (Å²) in [5.41, 5.74) is 7.62. The quantitative estimate of drug-likeness (QED) is 0.202. The lowest BCUT2D eigenvalue weighted by Gasteiger charge is -2.14. The van der Waals surface area contributed by atoms with E-state index in [0.717, 1.165) is 17.7 Å². The number of hydrogen-bond acceptors (Lipinski definition) is 3. The van der Waals surface area contributed by atoms with E-state index in [2.05, 4.69) is 16.2 Å². The Kier molecular flexibility index (Phi) is 7.83. The zero-order chi connectivity index (χ0) is 24.0.